The third-order valence-corrected chi connectivity index (χ3v) is 5.14. The summed E-state index contributed by atoms with van der Waals surface area (Å²) < 4.78 is 32.0. The van der Waals surface area contributed by atoms with Gasteiger partial charge in [-0.25, -0.2) is 13.1 Å². The summed E-state index contributed by atoms with van der Waals surface area (Å²) in [7, 11) is -3.40. The zero-order valence-corrected chi connectivity index (χ0v) is 13.3. The molecule has 0 amide bonds. The lowest BCUT2D eigenvalue weighted by atomic mass is 10.1. The van der Waals surface area contributed by atoms with Crippen LogP contribution in [0.15, 0.2) is 29.2 Å². The van der Waals surface area contributed by atoms with Gasteiger partial charge in [-0.15, -0.1) is 0 Å². The fourth-order valence-corrected chi connectivity index (χ4v) is 3.45. The maximum absolute atomic E-state index is 11.9. The average molecular weight is 313 g/mol. The number of nitrogens with one attached hydrogen (secondary N) is 1. The number of nitrogens with zero attached hydrogens (tertiary/aromatic N) is 1. The lowest BCUT2D eigenvalue weighted by Crippen LogP contribution is -2.50. The third-order valence-electron chi connectivity index (χ3n) is 3.58. The highest BCUT2D eigenvalue weighted by Crippen LogP contribution is 2.23. The topological polar surface area (TPSA) is 84.7 Å². The minimum Gasteiger partial charge on any atom is -0.373 e. The van der Waals surface area contributed by atoms with Crippen molar-refractivity contribution in [2.45, 2.75) is 30.9 Å². The van der Waals surface area contributed by atoms with E-state index in [0.29, 0.717) is 19.7 Å². The summed E-state index contributed by atoms with van der Waals surface area (Å²) in [5.41, 5.74) is 6.65. The molecular weight excluding hydrogens is 290 g/mol. The summed E-state index contributed by atoms with van der Waals surface area (Å²) >= 11 is 0. The maximum Gasteiger partial charge on any atom is 0.240 e. The SMILES string of the molecule is CCNS(=O)(=O)c1ccc(N2CC(CN)OCC2C)cc1. The van der Waals surface area contributed by atoms with E-state index in [0.717, 1.165) is 12.2 Å². The van der Waals surface area contributed by atoms with Crippen LogP contribution in [0.1, 0.15) is 13.8 Å². The van der Waals surface area contributed by atoms with Gasteiger partial charge >= 0.3 is 0 Å². The van der Waals surface area contributed by atoms with Gasteiger partial charge in [0.15, 0.2) is 0 Å². The summed E-state index contributed by atoms with van der Waals surface area (Å²) in [4.78, 5) is 2.48. The maximum atomic E-state index is 11.9. The molecule has 1 saturated heterocycles. The van der Waals surface area contributed by atoms with Crippen molar-refractivity contribution in [2.24, 2.45) is 5.73 Å². The second kappa shape index (κ2) is 6.74. The molecule has 1 aliphatic heterocycles. The normalized spacial score (nSPS) is 23.3. The van der Waals surface area contributed by atoms with E-state index in [2.05, 4.69) is 16.5 Å². The minimum absolute atomic E-state index is 0.0198. The van der Waals surface area contributed by atoms with Gasteiger partial charge in [-0.3, -0.25) is 0 Å². The van der Waals surface area contributed by atoms with Crippen molar-refractivity contribution in [3.05, 3.63) is 24.3 Å². The lowest BCUT2D eigenvalue weighted by Gasteiger charge is -2.39. The van der Waals surface area contributed by atoms with Crippen LogP contribution in [0.2, 0.25) is 0 Å². The van der Waals surface area contributed by atoms with E-state index in [9.17, 15) is 8.42 Å². The van der Waals surface area contributed by atoms with Crippen molar-refractivity contribution in [2.75, 3.05) is 31.1 Å². The first-order chi connectivity index (χ1) is 9.97. The summed E-state index contributed by atoms with van der Waals surface area (Å²) in [6.07, 6.45) is 0.0198. The smallest absolute Gasteiger partial charge is 0.240 e. The number of sulfonamides is 1. The summed E-state index contributed by atoms with van der Waals surface area (Å²) in [6.45, 7) is 6.04. The van der Waals surface area contributed by atoms with Gasteiger partial charge < -0.3 is 15.4 Å². The molecule has 1 aliphatic rings. The first-order valence-corrected chi connectivity index (χ1v) is 8.64. The molecule has 1 aromatic rings. The number of rotatable bonds is 5. The van der Waals surface area contributed by atoms with E-state index >= 15 is 0 Å². The molecule has 21 heavy (non-hydrogen) atoms. The van der Waals surface area contributed by atoms with Crippen molar-refractivity contribution in [3.8, 4) is 0 Å². The van der Waals surface area contributed by atoms with Crippen LogP contribution in [0.4, 0.5) is 5.69 Å². The second-order valence-corrected chi connectivity index (χ2v) is 6.95. The Hall–Kier alpha value is -1.15. The standard InChI is InChI=1S/C14H23N3O3S/c1-3-16-21(18,19)14-6-4-12(5-7-14)17-9-13(8-15)20-10-11(17)2/h4-7,11,13,16H,3,8-10,15H2,1-2H3. The molecule has 2 unspecified atom stereocenters. The van der Waals surface area contributed by atoms with E-state index in [1.165, 1.54) is 0 Å². The Morgan fingerprint density at radius 1 is 1.38 bits per heavy atom. The summed E-state index contributed by atoms with van der Waals surface area (Å²) in [5, 5.41) is 0. The largest absolute Gasteiger partial charge is 0.373 e. The van der Waals surface area contributed by atoms with Crippen LogP contribution in [0.25, 0.3) is 0 Å². The van der Waals surface area contributed by atoms with Crippen LogP contribution in [-0.2, 0) is 14.8 Å². The van der Waals surface area contributed by atoms with E-state index in [1.54, 1.807) is 19.1 Å². The molecule has 1 fully saturated rings. The van der Waals surface area contributed by atoms with Crippen LogP contribution in [0.3, 0.4) is 0 Å². The van der Waals surface area contributed by atoms with E-state index in [-0.39, 0.29) is 17.0 Å². The van der Waals surface area contributed by atoms with Gasteiger partial charge in [0.25, 0.3) is 0 Å². The first-order valence-electron chi connectivity index (χ1n) is 7.16. The quantitative estimate of drug-likeness (QED) is 0.829. The van der Waals surface area contributed by atoms with Crippen molar-refractivity contribution < 1.29 is 13.2 Å². The fourth-order valence-electron chi connectivity index (χ4n) is 2.41. The average Bonchev–Trinajstić information content (AvgIpc) is 2.48. The van der Waals surface area contributed by atoms with Gasteiger partial charge in [0.1, 0.15) is 0 Å². The van der Waals surface area contributed by atoms with Crippen molar-refractivity contribution >= 4 is 15.7 Å². The Labute approximate surface area is 126 Å². The van der Waals surface area contributed by atoms with Crippen LogP contribution < -0.4 is 15.4 Å². The first kappa shape index (κ1) is 16.2. The van der Waals surface area contributed by atoms with E-state index < -0.39 is 10.0 Å². The van der Waals surface area contributed by atoms with Crippen LogP contribution in [0.5, 0.6) is 0 Å². The molecule has 6 nitrogen and oxygen atoms in total. The highest BCUT2D eigenvalue weighted by molar-refractivity contribution is 7.89. The predicted octanol–water partition coefficient (Wildman–Crippen LogP) is 0.537. The van der Waals surface area contributed by atoms with E-state index in [4.69, 9.17) is 10.5 Å². The molecule has 2 rings (SSSR count). The highest BCUT2D eigenvalue weighted by Gasteiger charge is 2.25. The van der Waals surface area contributed by atoms with E-state index in [1.807, 2.05) is 12.1 Å². The van der Waals surface area contributed by atoms with Gasteiger partial charge in [0, 0.05) is 31.4 Å². The number of hydrogen-bond donors (Lipinski definition) is 2. The van der Waals surface area contributed by atoms with Gasteiger partial charge in [-0.2, -0.15) is 0 Å². The van der Waals surface area contributed by atoms with Crippen molar-refractivity contribution in [3.63, 3.8) is 0 Å². The van der Waals surface area contributed by atoms with Gasteiger partial charge in [-0.1, -0.05) is 6.92 Å². The van der Waals surface area contributed by atoms with Crippen LogP contribution in [-0.4, -0.2) is 46.8 Å². The summed E-state index contributed by atoms with van der Waals surface area (Å²) in [6, 6.07) is 7.17. The van der Waals surface area contributed by atoms with Crippen molar-refractivity contribution in [1.82, 2.24) is 4.72 Å². The molecule has 0 radical (unpaired) electrons. The number of hydrogen-bond acceptors (Lipinski definition) is 5. The number of nitrogens with two attached hydrogens (primary N) is 1. The Morgan fingerprint density at radius 2 is 2.05 bits per heavy atom. The number of ether oxygens (including phenoxy) is 1. The lowest BCUT2D eigenvalue weighted by molar-refractivity contribution is 0.0283. The van der Waals surface area contributed by atoms with Crippen LogP contribution in [0, 0.1) is 0 Å². The monoisotopic (exact) mass is 313 g/mol. The third kappa shape index (κ3) is 3.74. The Kier molecular flexibility index (Phi) is 5.21. The van der Waals surface area contributed by atoms with Gasteiger partial charge in [-0.05, 0) is 31.2 Å². The molecule has 0 aliphatic carbocycles. The molecule has 1 heterocycles. The number of anilines is 1. The molecule has 0 bridgehead atoms. The minimum atomic E-state index is -3.40. The van der Waals surface area contributed by atoms with Crippen LogP contribution >= 0.6 is 0 Å². The zero-order chi connectivity index (χ0) is 15.5. The molecule has 1 aromatic carbocycles. The Bertz CT molecular complexity index is 559. The Balaban J connectivity index is 2.18. The van der Waals surface area contributed by atoms with Gasteiger partial charge in [0.05, 0.1) is 17.6 Å². The molecule has 0 spiro atoms. The molecular formula is C14H23N3O3S. The zero-order valence-electron chi connectivity index (χ0n) is 12.5. The Morgan fingerprint density at radius 3 is 2.62 bits per heavy atom. The summed E-state index contributed by atoms with van der Waals surface area (Å²) in [5.74, 6) is 0. The molecule has 2 atom stereocenters. The molecule has 118 valence electrons. The second-order valence-electron chi connectivity index (χ2n) is 5.19. The molecule has 7 heteroatoms. The fraction of sp³-hybridized carbons (Fsp3) is 0.571. The van der Waals surface area contributed by atoms with Crippen molar-refractivity contribution in [1.29, 1.82) is 0 Å². The van der Waals surface area contributed by atoms with Gasteiger partial charge in [0.2, 0.25) is 10.0 Å². The highest BCUT2D eigenvalue weighted by atomic mass is 32.2. The molecule has 3 N–H and O–H groups in total. The number of morpholine rings is 1. The molecule has 0 aromatic heterocycles. The molecule has 0 saturated carbocycles. The predicted molar refractivity (Wildman–Crippen MR) is 82.9 cm³/mol. The number of benzene rings is 1.